The van der Waals surface area contributed by atoms with Gasteiger partial charge in [-0.25, -0.2) is 0 Å². The Morgan fingerprint density at radius 2 is 1.23 bits per heavy atom. The molecule has 0 aliphatic carbocycles. The zero-order chi connectivity index (χ0) is 21.0. The third-order valence-corrected chi connectivity index (χ3v) is 15.8. The van der Waals surface area contributed by atoms with E-state index in [0.717, 1.165) is 0 Å². The van der Waals surface area contributed by atoms with Crippen LogP contribution in [-0.2, 0) is 21.9 Å². The Hall–Kier alpha value is 0.338. The minimum atomic E-state index is -2.60. The van der Waals surface area contributed by atoms with Crippen LogP contribution in [0.2, 0.25) is 58.9 Å². The molecule has 0 radical (unpaired) electrons. The third kappa shape index (κ3) is 14.4. The number of hydrogen-bond donors (Lipinski definition) is 0. The highest BCUT2D eigenvalue weighted by Gasteiger charge is 2.45. The van der Waals surface area contributed by atoms with Crippen molar-refractivity contribution < 1.29 is 26.4 Å². The SMILES string of the molecule is C[N+](C)(C)CC(=O)COC[Si](C)(O[Si](C)(C)C)O[Si](C)(C)O[Si](C)(C)C. The molecule has 1 unspecified atom stereocenters. The summed E-state index contributed by atoms with van der Waals surface area (Å²) in [6, 6.07) is 0. The summed E-state index contributed by atoms with van der Waals surface area (Å²) in [6.07, 6.45) is 0.353. The highest BCUT2D eigenvalue weighted by atomic mass is 28.5. The molecule has 0 saturated carbocycles. The molecule has 0 aromatic carbocycles. The van der Waals surface area contributed by atoms with E-state index in [4.69, 9.17) is 17.1 Å². The van der Waals surface area contributed by atoms with Gasteiger partial charge in [0.15, 0.2) is 16.6 Å². The molecule has 0 fully saturated rings. The second kappa shape index (κ2) is 9.22. The Labute approximate surface area is 165 Å². The van der Waals surface area contributed by atoms with Gasteiger partial charge in [0.25, 0.3) is 0 Å². The van der Waals surface area contributed by atoms with Crippen LogP contribution >= 0.6 is 0 Å². The van der Waals surface area contributed by atoms with Crippen LogP contribution in [0, 0.1) is 0 Å². The normalized spacial score (nSPS) is 16.5. The largest absolute Gasteiger partial charge is 0.437 e. The number of hydrogen-bond acceptors (Lipinski definition) is 5. The predicted octanol–water partition coefficient (Wildman–Crippen LogP) is 3.31. The van der Waals surface area contributed by atoms with E-state index < -0.39 is 33.8 Å². The average molecular weight is 441 g/mol. The summed E-state index contributed by atoms with van der Waals surface area (Å²) < 4.78 is 25.7. The van der Waals surface area contributed by atoms with E-state index in [1.165, 1.54) is 0 Å². The molecule has 0 bridgehead atoms. The van der Waals surface area contributed by atoms with E-state index >= 15 is 0 Å². The van der Waals surface area contributed by atoms with E-state index in [1.54, 1.807) is 0 Å². The van der Waals surface area contributed by atoms with Gasteiger partial charge in [0.1, 0.15) is 13.2 Å². The van der Waals surface area contributed by atoms with Crippen LogP contribution in [0.25, 0.3) is 0 Å². The lowest BCUT2D eigenvalue weighted by Crippen LogP contribution is -2.59. The number of quaternary nitrogens is 1. The number of rotatable bonds is 12. The second-order valence-corrected chi connectivity index (χ2v) is 26.8. The molecule has 0 aliphatic heterocycles. The summed E-state index contributed by atoms with van der Waals surface area (Å²) in [5.74, 6) is 0.0942. The highest BCUT2D eigenvalue weighted by Crippen LogP contribution is 2.24. The molecule has 26 heavy (non-hydrogen) atoms. The Morgan fingerprint density at radius 3 is 1.62 bits per heavy atom. The van der Waals surface area contributed by atoms with Crippen LogP contribution in [0.3, 0.4) is 0 Å². The van der Waals surface area contributed by atoms with E-state index in [9.17, 15) is 4.79 Å². The van der Waals surface area contributed by atoms with Crippen LogP contribution in [0.1, 0.15) is 0 Å². The van der Waals surface area contributed by atoms with Crippen LogP contribution in [0.5, 0.6) is 0 Å². The molecule has 0 aromatic rings. The average Bonchev–Trinajstić information content (AvgIpc) is 2.16. The van der Waals surface area contributed by atoms with Gasteiger partial charge in [-0.3, -0.25) is 4.79 Å². The fourth-order valence-electron chi connectivity index (χ4n) is 2.93. The van der Waals surface area contributed by atoms with Crippen LogP contribution in [0.15, 0.2) is 0 Å². The van der Waals surface area contributed by atoms with Crippen molar-refractivity contribution in [3.8, 4) is 0 Å². The number of ether oxygens (including phenoxy) is 1. The second-order valence-electron chi connectivity index (χ2n) is 10.5. The van der Waals surface area contributed by atoms with Gasteiger partial charge in [-0.15, -0.1) is 0 Å². The van der Waals surface area contributed by atoms with Crippen molar-refractivity contribution in [2.75, 3.05) is 40.5 Å². The van der Waals surface area contributed by atoms with Crippen molar-refractivity contribution in [2.24, 2.45) is 0 Å². The monoisotopic (exact) mass is 440 g/mol. The first-order valence-corrected chi connectivity index (χ1v) is 21.4. The lowest BCUT2D eigenvalue weighted by Gasteiger charge is -2.41. The number of ketones is 1. The Balaban J connectivity index is 5.01. The molecular formula is C16H42NO5Si4+. The fourth-order valence-corrected chi connectivity index (χ4v) is 20.2. The number of carbonyl (C=O) groups excluding carboxylic acids is 1. The molecule has 1 atom stereocenters. The maximum Gasteiger partial charge on any atom is 0.342 e. The lowest BCUT2D eigenvalue weighted by molar-refractivity contribution is -0.862. The van der Waals surface area contributed by atoms with Gasteiger partial charge in [-0.2, -0.15) is 0 Å². The summed E-state index contributed by atoms with van der Waals surface area (Å²) in [7, 11) is -2.48. The standard InChI is InChI=1S/C16H42NO5Si4/c1-17(2,3)13-16(18)14-19-15-26(12,21-24(7,8)9)22-25(10,11)20-23(4,5)6/h13-15H2,1-12H3/q+1. The number of nitrogens with zero attached hydrogens (tertiary/aromatic N) is 1. The number of likely N-dealkylation sites (N-methyl/N-ethyl adjacent to an activating group) is 1. The van der Waals surface area contributed by atoms with E-state index in [2.05, 4.69) is 52.4 Å². The van der Waals surface area contributed by atoms with E-state index in [-0.39, 0.29) is 12.4 Å². The first-order valence-electron chi connectivity index (χ1n) is 9.22. The van der Waals surface area contributed by atoms with Gasteiger partial charge in [0.05, 0.1) is 27.4 Å². The Morgan fingerprint density at radius 1 is 0.769 bits per heavy atom. The molecule has 0 N–H and O–H groups in total. The van der Waals surface area contributed by atoms with Crippen molar-refractivity contribution >= 4 is 39.5 Å². The van der Waals surface area contributed by atoms with Crippen molar-refractivity contribution in [3.05, 3.63) is 0 Å². The van der Waals surface area contributed by atoms with E-state index in [1.807, 2.05) is 27.7 Å². The van der Waals surface area contributed by atoms with Gasteiger partial charge in [-0.05, 0) is 58.9 Å². The predicted molar refractivity (Wildman–Crippen MR) is 118 cm³/mol. The molecule has 0 aliphatic rings. The first-order chi connectivity index (χ1) is 11.2. The summed E-state index contributed by atoms with van der Waals surface area (Å²) in [5, 5.41) is 0. The van der Waals surface area contributed by atoms with Crippen LogP contribution in [0.4, 0.5) is 0 Å². The molecule has 156 valence electrons. The zero-order valence-corrected chi connectivity index (χ0v) is 23.1. The minimum absolute atomic E-state index is 0.0942. The maximum atomic E-state index is 12.1. The summed E-state index contributed by atoms with van der Waals surface area (Å²) in [4.78, 5) is 12.1. The Kier molecular flexibility index (Phi) is 9.34. The number of Topliss-reactive ketones (excluding diaryl/α,β-unsaturated/α-hetero) is 1. The molecule has 0 amide bonds. The lowest BCUT2D eigenvalue weighted by atomic mass is 10.3. The molecular weight excluding hydrogens is 399 g/mol. The fraction of sp³-hybridized carbons (Fsp3) is 0.938. The zero-order valence-electron chi connectivity index (χ0n) is 19.1. The highest BCUT2D eigenvalue weighted by molar-refractivity contribution is 6.89. The van der Waals surface area contributed by atoms with Crippen molar-refractivity contribution in [3.63, 3.8) is 0 Å². The van der Waals surface area contributed by atoms with Crippen molar-refractivity contribution in [1.82, 2.24) is 0 Å². The van der Waals surface area contributed by atoms with Gasteiger partial charge < -0.3 is 21.6 Å². The van der Waals surface area contributed by atoms with Gasteiger partial charge >= 0.3 is 17.1 Å². The topological polar surface area (TPSA) is 54.0 Å². The Bertz CT molecular complexity index is 469. The van der Waals surface area contributed by atoms with Crippen molar-refractivity contribution in [2.45, 2.75) is 58.9 Å². The van der Waals surface area contributed by atoms with Crippen LogP contribution in [-0.4, -0.2) is 84.5 Å². The number of carbonyl (C=O) groups is 1. The molecule has 0 aromatic heterocycles. The first kappa shape index (κ1) is 26.3. The summed E-state index contributed by atoms with van der Waals surface area (Å²) in [6.45, 7) is 19.7. The molecule has 0 spiro atoms. The van der Waals surface area contributed by atoms with E-state index in [0.29, 0.717) is 17.3 Å². The maximum absolute atomic E-state index is 12.1. The minimum Gasteiger partial charge on any atom is -0.437 e. The summed E-state index contributed by atoms with van der Waals surface area (Å²) >= 11 is 0. The van der Waals surface area contributed by atoms with Gasteiger partial charge in [0.2, 0.25) is 5.78 Å². The molecule has 10 heteroatoms. The molecule has 0 saturated heterocycles. The molecule has 0 heterocycles. The summed E-state index contributed by atoms with van der Waals surface area (Å²) in [5.41, 5.74) is 0. The van der Waals surface area contributed by atoms with Gasteiger partial charge in [0, 0.05) is 0 Å². The smallest absolute Gasteiger partial charge is 0.342 e. The van der Waals surface area contributed by atoms with Crippen LogP contribution < -0.4 is 0 Å². The molecule has 0 rings (SSSR count). The third-order valence-electron chi connectivity index (χ3n) is 2.81. The quantitative estimate of drug-likeness (QED) is 0.344. The molecule has 6 nitrogen and oxygen atoms in total. The van der Waals surface area contributed by atoms with Crippen molar-refractivity contribution in [1.29, 1.82) is 0 Å². The van der Waals surface area contributed by atoms with Gasteiger partial charge in [-0.1, -0.05) is 0 Å².